The van der Waals surface area contributed by atoms with Crippen LogP contribution in [0.15, 0.2) is 0 Å². The molecular weight excluding hydrogens is 232 g/mol. The fourth-order valence-electron chi connectivity index (χ4n) is 2.45. The predicted molar refractivity (Wildman–Crippen MR) is 76.5 cm³/mol. The molecule has 1 fully saturated rings. The Hall–Kier alpha value is 0.210. The van der Waals surface area contributed by atoms with Crippen LogP contribution in [0.25, 0.3) is 0 Å². The second-order valence-electron chi connectivity index (χ2n) is 5.30. The molecule has 0 saturated carbocycles. The summed E-state index contributed by atoms with van der Waals surface area (Å²) >= 11 is 6.28. The average Bonchev–Trinajstić information content (AvgIpc) is 2.64. The van der Waals surface area contributed by atoms with E-state index in [1.54, 1.807) is 0 Å². The summed E-state index contributed by atoms with van der Waals surface area (Å²) in [5.41, 5.74) is 0.138. The summed E-state index contributed by atoms with van der Waals surface area (Å²) in [4.78, 5) is 4.60. The van der Waals surface area contributed by atoms with E-state index < -0.39 is 0 Å². The van der Waals surface area contributed by atoms with Gasteiger partial charge in [0.05, 0.1) is 0 Å². The number of unbranched alkanes of at least 4 members (excludes halogenated alkanes) is 7. The Labute approximate surface area is 112 Å². The molecule has 1 aliphatic rings. The van der Waals surface area contributed by atoms with Crippen LogP contribution in [-0.2, 0) is 0 Å². The summed E-state index contributed by atoms with van der Waals surface area (Å²) in [5.74, 6) is 0. The van der Waals surface area contributed by atoms with Gasteiger partial charge in [-0.05, 0) is 13.5 Å². The lowest BCUT2D eigenvalue weighted by atomic mass is 10.1. The van der Waals surface area contributed by atoms with Crippen molar-refractivity contribution in [1.82, 2.24) is 9.80 Å². The monoisotopic (exact) mass is 260 g/mol. The van der Waals surface area contributed by atoms with Gasteiger partial charge in [-0.1, -0.05) is 63.5 Å². The number of hydrogen-bond acceptors (Lipinski definition) is 2. The highest BCUT2D eigenvalue weighted by Crippen LogP contribution is 2.17. The molecule has 0 bridgehead atoms. The summed E-state index contributed by atoms with van der Waals surface area (Å²) in [6.45, 7) is 5.70. The topological polar surface area (TPSA) is 6.48 Å². The summed E-state index contributed by atoms with van der Waals surface area (Å²) in [5, 5.41) is 0. The molecule has 0 radical (unpaired) electrons. The van der Waals surface area contributed by atoms with Gasteiger partial charge < -0.3 is 0 Å². The van der Waals surface area contributed by atoms with E-state index in [0.717, 1.165) is 13.1 Å². The smallest absolute Gasteiger partial charge is 0.140 e. The lowest BCUT2D eigenvalue weighted by Gasteiger charge is -2.21. The van der Waals surface area contributed by atoms with Gasteiger partial charge in [0.25, 0.3) is 0 Å². The van der Waals surface area contributed by atoms with Gasteiger partial charge in [-0.2, -0.15) is 0 Å². The molecule has 1 rings (SSSR count). The molecule has 0 aliphatic carbocycles. The molecule has 1 aliphatic heterocycles. The third-order valence-electron chi connectivity index (χ3n) is 3.70. The van der Waals surface area contributed by atoms with Crippen molar-refractivity contribution < 1.29 is 0 Å². The Balaban J connectivity index is 1.87. The van der Waals surface area contributed by atoms with E-state index in [-0.39, 0.29) is 5.62 Å². The molecule has 1 atom stereocenters. The number of likely N-dealkylation sites (N-methyl/N-ethyl adjacent to an activating group) is 1. The quantitative estimate of drug-likeness (QED) is 0.353. The minimum absolute atomic E-state index is 0.138. The molecule has 1 saturated heterocycles. The summed E-state index contributed by atoms with van der Waals surface area (Å²) in [7, 11) is 2.10. The number of halogens is 1. The minimum atomic E-state index is 0.138. The minimum Gasteiger partial charge on any atom is -0.277 e. The van der Waals surface area contributed by atoms with Gasteiger partial charge in [0.15, 0.2) is 0 Å². The zero-order valence-corrected chi connectivity index (χ0v) is 12.4. The highest BCUT2D eigenvalue weighted by Gasteiger charge is 2.26. The molecule has 0 spiro atoms. The Morgan fingerprint density at radius 1 is 0.941 bits per heavy atom. The zero-order valence-electron chi connectivity index (χ0n) is 11.6. The molecule has 0 amide bonds. The molecule has 2 nitrogen and oxygen atoms in total. The third-order valence-corrected chi connectivity index (χ3v) is 4.31. The van der Waals surface area contributed by atoms with Gasteiger partial charge in [0.2, 0.25) is 0 Å². The molecule has 0 aromatic rings. The van der Waals surface area contributed by atoms with Crippen molar-refractivity contribution in [2.45, 2.75) is 63.9 Å². The third kappa shape index (κ3) is 6.08. The highest BCUT2D eigenvalue weighted by atomic mass is 35.5. The first-order chi connectivity index (χ1) is 8.25. The highest BCUT2D eigenvalue weighted by molar-refractivity contribution is 6.20. The summed E-state index contributed by atoms with van der Waals surface area (Å²) < 4.78 is 0. The normalized spacial score (nSPS) is 22.4. The Morgan fingerprint density at radius 3 is 2.06 bits per heavy atom. The molecule has 1 heterocycles. The number of rotatable bonds is 9. The predicted octanol–water partition coefficient (Wildman–Crippen LogP) is 3.90. The Morgan fingerprint density at radius 2 is 1.53 bits per heavy atom. The first-order valence-corrected chi connectivity index (χ1v) is 7.77. The van der Waals surface area contributed by atoms with Crippen LogP contribution < -0.4 is 0 Å². The van der Waals surface area contributed by atoms with E-state index >= 15 is 0 Å². The van der Waals surface area contributed by atoms with Crippen LogP contribution in [0.4, 0.5) is 0 Å². The first kappa shape index (κ1) is 15.3. The van der Waals surface area contributed by atoms with E-state index in [1.807, 2.05) is 0 Å². The summed E-state index contributed by atoms with van der Waals surface area (Å²) in [6.07, 6.45) is 11.1. The van der Waals surface area contributed by atoms with Crippen LogP contribution in [-0.4, -0.2) is 42.1 Å². The van der Waals surface area contributed by atoms with Crippen LogP contribution >= 0.6 is 11.6 Å². The van der Waals surface area contributed by atoms with Crippen LogP contribution in [0.5, 0.6) is 0 Å². The molecule has 1 unspecified atom stereocenters. The van der Waals surface area contributed by atoms with E-state index in [2.05, 4.69) is 23.8 Å². The van der Waals surface area contributed by atoms with E-state index in [1.165, 1.54) is 57.9 Å². The lowest BCUT2D eigenvalue weighted by molar-refractivity contribution is 0.230. The van der Waals surface area contributed by atoms with Crippen molar-refractivity contribution in [2.24, 2.45) is 0 Å². The molecule has 0 aromatic carbocycles. The van der Waals surface area contributed by atoms with Crippen LogP contribution in [0, 0.1) is 0 Å². The van der Waals surface area contributed by atoms with Crippen molar-refractivity contribution in [1.29, 1.82) is 0 Å². The zero-order chi connectivity index (χ0) is 12.5. The van der Waals surface area contributed by atoms with E-state index in [0.29, 0.717) is 0 Å². The summed E-state index contributed by atoms with van der Waals surface area (Å²) in [6, 6.07) is 0. The van der Waals surface area contributed by atoms with Gasteiger partial charge in [-0.15, -0.1) is 0 Å². The average molecular weight is 261 g/mol. The molecule has 3 heteroatoms. The Kier molecular flexibility index (Phi) is 8.25. The van der Waals surface area contributed by atoms with E-state index in [9.17, 15) is 0 Å². The molecule has 0 aromatic heterocycles. The van der Waals surface area contributed by atoms with Crippen LogP contribution in [0.3, 0.4) is 0 Å². The number of nitrogens with zero attached hydrogens (tertiary/aromatic N) is 2. The van der Waals surface area contributed by atoms with Crippen molar-refractivity contribution >= 4 is 11.6 Å². The SMILES string of the molecule is CCCCCCCCCCN1CCN(C)C1Cl. The number of alkyl halides is 1. The van der Waals surface area contributed by atoms with Crippen molar-refractivity contribution in [3.63, 3.8) is 0 Å². The molecule has 17 heavy (non-hydrogen) atoms. The maximum Gasteiger partial charge on any atom is 0.140 e. The molecular formula is C14H29ClN2. The molecule has 102 valence electrons. The maximum absolute atomic E-state index is 6.28. The van der Waals surface area contributed by atoms with Crippen molar-refractivity contribution in [2.75, 3.05) is 26.7 Å². The largest absolute Gasteiger partial charge is 0.277 e. The van der Waals surface area contributed by atoms with Gasteiger partial charge in [-0.3, -0.25) is 9.80 Å². The first-order valence-electron chi connectivity index (χ1n) is 7.34. The van der Waals surface area contributed by atoms with Gasteiger partial charge in [-0.25, -0.2) is 0 Å². The fourth-order valence-corrected chi connectivity index (χ4v) is 2.74. The van der Waals surface area contributed by atoms with Gasteiger partial charge in [0.1, 0.15) is 5.62 Å². The van der Waals surface area contributed by atoms with Crippen LogP contribution in [0.1, 0.15) is 58.3 Å². The second kappa shape index (κ2) is 9.18. The molecule has 0 N–H and O–H groups in total. The van der Waals surface area contributed by atoms with Gasteiger partial charge >= 0.3 is 0 Å². The van der Waals surface area contributed by atoms with Crippen LogP contribution in [0.2, 0.25) is 0 Å². The van der Waals surface area contributed by atoms with Crippen molar-refractivity contribution in [3.8, 4) is 0 Å². The fraction of sp³-hybridized carbons (Fsp3) is 1.00. The second-order valence-corrected chi connectivity index (χ2v) is 5.69. The van der Waals surface area contributed by atoms with Gasteiger partial charge in [0, 0.05) is 19.6 Å². The standard InChI is InChI=1S/C14H29ClN2/c1-3-4-5-6-7-8-9-10-11-17-13-12-16(2)14(17)15/h14H,3-13H2,1-2H3. The maximum atomic E-state index is 6.28. The van der Waals surface area contributed by atoms with E-state index in [4.69, 9.17) is 11.6 Å². The Bertz CT molecular complexity index is 187. The lowest BCUT2D eigenvalue weighted by Crippen LogP contribution is -2.32. The van der Waals surface area contributed by atoms with Crippen molar-refractivity contribution in [3.05, 3.63) is 0 Å². The number of hydrogen-bond donors (Lipinski definition) is 0.